The van der Waals surface area contributed by atoms with Crippen molar-refractivity contribution in [3.05, 3.63) is 35.9 Å². The molecule has 1 saturated heterocycles. The molecular weight excluding hydrogens is 254 g/mol. The summed E-state index contributed by atoms with van der Waals surface area (Å²) >= 11 is 0. The molecule has 1 aliphatic heterocycles. The predicted molar refractivity (Wildman–Crippen MR) is 79.0 cm³/mol. The number of carbonyl (C=O) groups excluding carboxylic acids is 1. The summed E-state index contributed by atoms with van der Waals surface area (Å²) < 4.78 is 5.38. The third kappa shape index (κ3) is 4.08. The van der Waals surface area contributed by atoms with Crippen molar-refractivity contribution >= 4 is 12.0 Å². The number of nitrogens with two attached hydrogens (primary N) is 1. The molecule has 2 rings (SSSR count). The molecule has 0 spiro atoms. The van der Waals surface area contributed by atoms with E-state index in [-0.39, 0.29) is 5.91 Å². The van der Waals surface area contributed by atoms with Crippen LogP contribution >= 0.6 is 0 Å². The lowest BCUT2D eigenvalue weighted by Gasteiger charge is -2.31. The number of piperazine rings is 1. The molecule has 5 nitrogen and oxygen atoms in total. The Bertz CT molecular complexity index is 463. The summed E-state index contributed by atoms with van der Waals surface area (Å²) in [6, 6.07) is 7.68. The molecule has 1 aromatic rings. The lowest BCUT2D eigenvalue weighted by atomic mass is 10.2. The number of hydrazine groups is 1. The van der Waals surface area contributed by atoms with Gasteiger partial charge in [0.25, 0.3) is 0 Å². The minimum atomic E-state index is 0.0342. The topological polar surface area (TPSA) is 58.8 Å². The van der Waals surface area contributed by atoms with Crippen molar-refractivity contribution in [2.45, 2.75) is 6.92 Å². The van der Waals surface area contributed by atoms with Gasteiger partial charge in [-0.3, -0.25) is 10.6 Å². The van der Waals surface area contributed by atoms with Crippen LogP contribution in [0.5, 0.6) is 5.75 Å². The highest BCUT2D eigenvalue weighted by Gasteiger charge is 2.16. The highest BCUT2D eigenvalue weighted by molar-refractivity contribution is 5.91. The van der Waals surface area contributed by atoms with Crippen molar-refractivity contribution in [1.29, 1.82) is 0 Å². The average molecular weight is 275 g/mol. The van der Waals surface area contributed by atoms with Crippen LogP contribution in [0.3, 0.4) is 0 Å². The van der Waals surface area contributed by atoms with Crippen molar-refractivity contribution < 1.29 is 9.53 Å². The molecule has 0 aliphatic carbocycles. The van der Waals surface area contributed by atoms with Crippen LogP contribution in [0.15, 0.2) is 30.3 Å². The number of hydrogen-bond donors (Lipinski definition) is 1. The Kier molecular flexibility index (Phi) is 5.15. The fraction of sp³-hybridized carbons (Fsp3) is 0.400. The van der Waals surface area contributed by atoms with Crippen molar-refractivity contribution in [3.8, 4) is 5.75 Å². The summed E-state index contributed by atoms with van der Waals surface area (Å²) in [4.78, 5) is 13.8. The first-order valence-corrected chi connectivity index (χ1v) is 6.88. The number of amides is 1. The third-order valence-electron chi connectivity index (χ3n) is 3.24. The number of benzene rings is 1. The maximum Gasteiger partial charge on any atom is 0.246 e. The quantitative estimate of drug-likeness (QED) is 0.661. The van der Waals surface area contributed by atoms with Crippen LogP contribution in [0.1, 0.15) is 12.5 Å². The van der Waals surface area contributed by atoms with E-state index in [1.54, 1.807) is 11.1 Å². The van der Waals surface area contributed by atoms with E-state index in [0.29, 0.717) is 19.7 Å². The van der Waals surface area contributed by atoms with Gasteiger partial charge in [0.15, 0.2) is 0 Å². The summed E-state index contributed by atoms with van der Waals surface area (Å²) in [6.07, 6.45) is 3.44. The van der Waals surface area contributed by atoms with Crippen LogP contribution in [0.4, 0.5) is 0 Å². The van der Waals surface area contributed by atoms with Gasteiger partial charge >= 0.3 is 0 Å². The lowest BCUT2D eigenvalue weighted by molar-refractivity contribution is -0.127. The number of carbonyl (C=O) groups is 1. The van der Waals surface area contributed by atoms with E-state index in [1.807, 2.05) is 42.2 Å². The first-order valence-electron chi connectivity index (χ1n) is 6.88. The van der Waals surface area contributed by atoms with Gasteiger partial charge in [-0.25, -0.2) is 5.01 Å². The van der Waals surface area contributed by atoms with E-state index in [4.69, 9.17) is 10.6 Å². The largest absolute Gasteiger partial charge is 0.494 e. The minimum absolute atomic E-state index is 0.0342. The molecule has 0 unspecified atom stereocenters. The lowest BCUT2D eigenvalue weighted by Crippen LogP contribution is -2.50. The van der Waals surface area contributed by atoms with Crippen LogP contribution in [0, 0.1) is 0 Å². The molecule has 0 aromatic heterocycles. The van der Waals surface area contributed by atoms with Gasteiger partial charge in [0, 0.05) is 32.3 Å². The summed E-state index contributed by atoms with van der Waals surface area (Å²) in [5.74, 6) is 6.54. The van der Waals surface area contributed by atoms with Gasteiger partial charge in [0.05, 0.1) is 6.61 Å². The van der Waals surface area contributed by atoms with Gasteiger partial charge in [-0.05, 0) is 30.7 Å². The first kappa shape index (κ1) is 14.6. The maximum absolute atomic E-state index is 12.0. The van der Waals surface area contributed by atoms with Gasteiger partial charge in [0.2, 0.25) is 5.91 Å². The summed E-state index contributed by atoms with van der Waals surface area (Å²) in [5.41, 5.74) is 0.985. The molecule has 108 valence electrons. The third-order valence-corrected chi connectivity index (χ3v) is 3.24. The Morgan fingerprint density at radius 3 is 2.50 bits per heavy atom. The van der Waals surface area contributed by atoms with Gasteiger partial charge in [-0.1, -0.05) is 12.1 Å². The second-order valence-corrected chi connectivity index (χ2v) is 4.70. The van der Waals surface area contributed by atoms with E-state index < -0.39 is 0 Å². The Morgan fingerprint density at radius 1 is 1.25 bits per heavy atom. The van der Waals surface area contributed by atoms with E-state index >= 15 is 0 Å². The van der Waals surface area contributed by atoms with E-state index in [2.05, 4.69) is 0 Å². The summed E-state index contributed by atoms with van der Waals surface area (Å²) in [6.45, 7) is 5.42. The molecule has 1 heterocycles. The minimum Gasteiger partial charge on any atom is -0.494 e. The zero-order valence-corrected chi connectivity index (χ0v) is 11.8. The smallest absolute Gasteiger partial charge is 0.246 e. The van der Waals surface area contributed by atoms with Crippen molar-refractivity contribution in [2.75, 3.05) is 32.8 Å². The molecule has 0 saturated carbocycles. The molecule has 1 aliphatic rings. The van der Waals surface area contributed by atoms with Gasteiger partial charge in [-0.15, -0.1) is 0 Å². The number of rotatable bonds is 4. The van der Waals surface area contributed by atoms with Crippen LogP contribution < -0.4 is 10.6 Å². The molecular formula is C15H21N3O2. The standard InChI is InChI=1S/C15H21N3O2/c1-2-20-14-6-3-13(4-7-14)5-8-15(19)17-9-11-18(16)12-10-17/h3-8H,2,9-12,16H2,1H3/b8-5+. The highest BCUT2D eigenvalue weighted by atomic mass is 16.5. The fourth-order valence-electron chi connectivity index (χ4n) is 2.06. The molecule has 20 heavy (non-hydrogen) atoms. The Balaban J connectivity index is 1.89. The average Bonchev–Trinajstić information content (AvgIpc) is 2.47. The number of nitrogens with zero attached hydrogens (tertiary/aromatic N) is 2. The van der Waals surface area contributed by atoms with E-state index in [9.17, 15) is 4.79 Å². The second kappa shape index (κ2) is 7.07. The van der Waals surface area contributed by atoms with Crippen molar-refractivity contribution in [2.24, 2.45) is 5.84 Å². The molecule has 2 N–H and O–H groups in total. The number of ether oxygens (including phenoxy) is 1. The molecule has 0 radical (unpaired) electrons. The molecule has 0 bridgehead atoms. The Morgan fingerprint density at radius 2 is 1.90 bits per heavy atom. The highest BCUT2D eigenvalue weighted by Crippen LogP contribution is 2.13. The van der Waals surface area contributed by atoms with Crippen LogP contribution in [0.2, 0.25) is 0 Å². The normalized spacial score (nSPS) is 16.6. The molecule has 1 aromatic carbocycles. The Labute approximate surface area is 119 Å². The zero-order valence-electron chi connectivity index (χ0n) is 11.8. The summed E-state index contributed by atoms with van der Waals surface area (Å²) in [7, 11) is 0. The van der Waals surface area contributed by atoms with Crippen molar-refractivity contribution in [1.82, 2.24) is 9.91 Å². The van der Waals surface area contributed by atoms with Gasteiger partial charge in [0.1, 0.15) is 5.75 Å². The molecule has 0 atom stereocenters. The first-order chi connectivity index (χ1) is 9.69. The molecule has 1 amide bonds. The van der Waals surface area contributed by atoms with E-state index in [0.717, 1.165) is 24.4 Å². The summed E-state index contributed by atoms with van der Waals surface area (Å²) in [5, 5.41) is 1.74. The van der Waals surface area contributed by atoms with Crippen LogP contribution in [0.25, 0.3) is 6.08 Å². The predicted octanol–water partition coefficient (Wildman–Crippen LogP) is 1.12. The van der Waals surface area contributed by atoms with Crippen molar-refractivity contribution in [3.63, 3.8) is 0 Å². The Hall–Kier alpha value is -1.85. The van der Waals surface area contributed by atoms with Crippen LogP contribution in [-0.4, -0.2) is 48.6 Å². The molecule has 5 heteroatoms. The van der Waals surface area contributed by atoms with Gasteiger partial charge in [-0.2, -0.15) is 0 Å². The van der Waals surface area contributed by atoms with Crippen LogP contribution in [-0.2, 0) is 4.79 Å². The van der Waals surface area contributed by atoms with E-state index in [1.165, 1.54) is 0 Å². The monoisotopic (exact) mass is 275 g/mol. The number of hydrogen-bond acceptors (Lipinski definition) is 4. The zero-order chi connectivity index (χ0) is 14.4. The molecule has 1 fully saturated rings. The second-order valence-electron chi connectivity index (χ2n) is 4.70. The maximum atomic E-state index is 12.0. The fourth-order valence-corrected chi connectivity index (χ4v) is 2.06. The SMILES string of the molecule is CCOc1ccc(/C=C/C(=O)N2CCN(N)CC2)cc1. The van der Waals surface area contributed by atoms with Gasteiger partial charge < -0.3 is 9.64 Å².